The van der Waals surface area contributed by atoms with E-state index in [-0.39, 0.29) is 17.8 Å². The van der Waals surface area contributed by atoms with Crippen LogP contribution in [0.4, 0.5) is 0 Å². The molecule has 0 amide bonds. The van der Waals surface area contributed by atoms with Crippen molar-refractivity contribution in [3.05, 3.63) is 99.3 Å². The number of pyridine rings is 1. The largest absolute Gasteiger partial charge is 0.478 e. The number of benzene rings is 2. The molecular formula is C23H20ClNO3. The third kappa shape index (κ3) is 4.29. The average Bonchev–Trinajstić information content (AvgIpc) is 2.66. The third-order valence-electron chi connectivity index (χ3n) is 4.78. The van der Waals surface area contributed by atoms with Gasteiger partial charge in [0.25, 0.3) is 0 Å². The Morgan fingerprint density at radius 2 is 1.79 bits per heavy atom. The number of aromatic nitrogens is 1. The summed E-state index contributed by atoms with van der Waals surface area (Å²) >= 11 is 6.10. The van der Waals surface area contributed by atoms with Crippen LogP contribution in [0.25, 0.3) is 0 Å². The van der Waals surface area contributed by atoms with Gasteiger partial charge in [-0.05, 0) is 60.9 Å². The lowest BCUT2D eigenvalue weighted by atomic mass is 9.82. The highest BCUT2D eigenvalue weighted by atomic mass is 35.5. The van der Waals surface area contributed by atoms with Crippen molar-refractivity contribution < 1.29 is 14.7 Å². The van der Waals surface area contributed by atoms with Crippen LogP contribution < -0.4 is 0 Å². The maximum absolute atomic E-state index is 13.0. The zero-order chi connectivity index (χ0) is 20.3. The molecule has 0 aliphatic rings. The molecule has 0 unspecified atom stereocenters. The second-order valence-corrected chi connectivity index (χ2v) is 7.20. The van der Waals surface area contributed by atoms with Gasteiger partial charge >= 0.3 is 5.97 Å². The third-order valence-corrected chi connectivity index (χ3v) is 5.02. The van der Waals surface area contributed by atoms with Gasteiger partial charge in [0, 0.05) is 34.8 Å². The van der Waals surface area contributed by atoms with Gasteiger partial charge in [-0.15, -0.1) is 0 Å². The molecule has 0 radical (unpaired) electrons. The second kappa shape index (κ2) is 8.36. The summed E-state index contributed by atoms with van der Waals surface area (Å²) in [6.07, 6.45) is 1.76. The van der Waals surface area contributed by atoms with Gasteiger partial charge in [-0.1, -0.05) is 35.9 Å². The fourth-order valence-electron chi connectivity index (χ4n) is 3.44. The van der Waals surface area contributed by atoms with Gasteiger partial charge in [0.15, 0.2) is 5.78 Å². The summed E-state index contributed by atoms with van der Waals surface area (Å²) in [5.41, 5.74) is 3.93. The van der Waals surface area contributed by atoms with Crippen molar-refractivity contribution >= 4 is 23.4 Å². The van der Waals surface area contributed by atoms with Crippen LogP contribution in [0.15, 0.2) is 60.8 Å². The van der Waals surface area contributed by atoms with E-state index in [4.69, 9.17) is 11.6 Å². The highest BCUT2D eigenvalue weighted by Crippen LogP contribution is 2.34. The first-order chi connectivity index (χ1) is 13.4. The number of carbonyl (C=O) groups is 2. The topological polar surface area (TPSA) is 67.3 Å². The highest BCUT2D eigenvalue weighted by Gasteiger charge is 2.25. The Bertz CT molecular complexity index is 1050. The Labute approximate surface area is 168 Å². The summed E-state index contributed by atoms with van der Waals surface area (Å²) in [6.45, 7) is 3.75. The molecule has 5 heteroatoms. The van der Waals surface area contributed by atoms with Crippen LogP contribution in [-0.4, -0.2) is 21.8 Å². The first kappa shape index (κ1) is 19.8. The predicted molar refractivity (Wildman–Crippen MR) is 109 cm³/mol. The quantitative estimate of drug-likeness (QED) is 0.565. The maximum Gasteiger partial charge on any atom is 0.335 e. The molecule has 0 aliphatic carbocycles. The number of carboxylic acid groups (broad SMARTS) is 1. The molecule has 0 spiro atoms. The number of Topliss-reactive ketones (excluding diaryl/α,β-unsaturated/α-hetero) is 1. The Hall–Kier alpha value is -2.98. The SMILES string of the molecule is Cc1cc(C(=O)C[C@@H](c2ccc(Cl)cc2C)c2ccccc2C(=O)O)ccn1. The van der Waals surface area contributed by atoms with Gasteiger partial charge in [-0.3, -0.25) is 9.78 Å². The molecule has 4 nitrogen and oxygen atoms in total. The number of nitrogens with zero attached hydrogens (tertiary/aromatic N) is 1. The van der Waals surface area contributed by atoms with Crippen LogP contribution in [0.5, 0.6) is 0 Å². The standard InChI is InChI=1S/C23H20ClNO3/c1-14-11-17(24)7-8-18(14)21(19-5-3-4-6-20(19)23(27)28)13-22(26)16-9-10-25-15(2)12-16/h3-12,21H,13H2,1-2H3,(H,27,28)/t21-/m0/s1. The van der Waals surface area contributed by atoms with Gasteiger partial charge in [0.05, 0.1) is 5.56 Å². The van der Waals surface area contributed by atoms with Crippen LogP contribution >= 0.6 is 11.6 Å². The fraction of sp³-hybridized carbons (Fsp3) is 0.174. The van der Waals surface area contributed by atoms with Crippen LogP contribution in [0.1, 0.15) is 55.4 Å². The normalized spacial score (nSPS) is 11.8. The van der Waals surface area contributed by atoms with E-state index in [1.165, 1.54) is 0 Å². The molecule has 0 aliphatic heterocycles. The smallest absolute Gasteiger partial charge is 0.335 e. The van der Waals surface area contributed by atoms with Crippen LogP contribution in [-0.2, 0) is 0 Å². The Kier molecular flexibility index (Phi) is 5.90. The lowest BCUT2D eigenvalue weighted by Gasteiger charge is -2.21. The molecule has 1 aromatic heterocycles. The molecule has 0 saturated carbocycles. The lowest BCUT2D eigenvalue weighted by Crippen LogP contribution is -2.14. The number of aryl methyl sites for hydroxylation is 2. The van der Waals surface area contributed by atoms with E-state index in [0.29, 0.717) is 16.1 Å². The number of ketones is 1. The fourth-order valence-corrected chi connectivity index (χ4v) is 3.66. The van der Waals surface area contributed by atoms with E-state index in [1.807, 2.05) is 26.0 Å². The highest BCUT2D eigenvalue weighted by molar-refractivity contribution is 6.30. The molecule has 1 N–H and O–H groups in total. The van der Waals surface area contributed by atoms with E-state index in [0.717, 1.165) is 16.8 Å². The molecule has 0 saturated heterocycles. The zero-order valence-electron chi connectivity index (χ0n) is 15.6. The molecule has 28 heavy (non-hydrogen) atoms. The van der Waals surface area contributed by atoms with E-state index < -0.39 is 11.9 Å². The average molecular weight is 394 g/mol. The van der Waals surface area contributed by atoms with E-state index in [2.05, 4.69) is 4.98 Å². The summed E-state index contributed by atoms with van der Waals surface area (Å²) in [5.74, 6) is -1.48. The van der Waals surface area contributed by atoms with Gasteiger partial charge in [-0.2, -0.15) is 0 Å². The van der Waals surface area contributed by atoms with Gasteiger partial charge in [-0.25, -0.2) is 4.79 Å². The van der Waals surface area contributed by atoms with Gasteiger partial charge in [0.1, 0.15) is 0 Å². The first-order valence-electron chi connectivity index (χ1n) is 8.91. The molecule has 0 fully saturated rings. The van der Waals surface area contributed by atoms with Crippen molar-refractivity contribution in [3.8, 4) is 0 Å². The number of carboxylic acids is 1. The molecule has 1 heterocycles. The summed E-state index contributed by atoms with van der Waals surface area (Å²) in [5, 5.41) is 10.2. The Balaban J connectivity index is 2.10. The number of rotatable bonds is 6. The Morgan fingerprint density at radius 1 is 1.04 bits per heavy atom. The minimum atomic E-state index is -1.01. The Morgan fingerprint density at radius 3 is 2.46 bits per heavy atom. The summed E-state index contributed by atoms with van der Waals surface area (Å²) in [7, 11) is 0. The van der Waals surface area contributed by atoms with Gasteiger partial charge < -0.3 is 5.11 Å². The maximum atomic E-state index is 13.0. The van der Waals surface area contributed by atoms with Crippen molar-refractivity contribution in [2.24, 2.45) is 0 Å². The van der Waals surface area contributed by atoms with Crippen molar-refractivity contribution in [2.75, 3.05) is 0 Å². The first-order valence-corrected chi connectivity index (χ1v) is 9.28. The van der Waals surface area contributed by atoms with Crippen molar-refractivity contribution in [2.45, 2.75) is 26.2 Å². The molecule has 3 rings (SSSR count). The lowest BCUT2D eigenvalue weighted by molar-refractivity contribution is 0.0694. The number of hydrogen-bond acceptors (Lipinski definition) is 3. The van der Waals surface area contributed by atoms with Crippen LogP contribution in [0.3, 0.4) is 0 Å². The molecule has 3 aromatic rings. The number of hydrogen-bond donors (Lipinski definition) is 1. The van der Waals surface area contributed by atoms with E-state index >= 15 is 0 Å². The van der Waals surface area contributed by atoms with Crippen molar-refractivity contribution in [1.82, 2.24) is 4.98 Å². The molecule has 2 aromatic carbocycles. The van der Waals surface area contributed by atoms with Gasteiger partial charge in [0.2, 0.25) is 0 Å². The van der Waals surface area contributed by atoms with Crippen LogP contribution in [0.2, 0.25) is 5.02 Å². The summed E-state index contributed by atoms with van der Waals surface area (Å²) < 4.78 is 0. The minimum absolute atomic E-state index is 0.0648. The number of carbonyl (C=O) groups excluding carboxylic acids is 1. The number of halogens is 1. The van der Waals surface area contributed by atoms with Crippen LogP contribution in [0, 0.1) is 13.8 Å². The van der Waals surface area contributed by atoms with Crippen molar-refractivity contribution in [1.29, 1.82) is 0 Å². The molecular weight excluding hydrogens is 374 g/mol. The number of aromatic carboxylic acids is 1. The molecule has 0 bridgehead atoms. The second-order valence-electron chi connectivity index (χ2n) is 6.76. The van der Waals surface area contributed by atoms with E-state index in [1.54, 1.807) is 48.7 Å². The molecule has 142 valence electrons. The predicted octanol–water partition coefficient (Wildman–Crippen LogP) is 5.45. The molecule has 1 atom stereocenters. The zero-order valence-corrected chi connectivity index (χ0v) is 16.4. The summed E-state index contributed by atoms with van der Waals surface area (Å²) in [4.78, 5) is 28.9. The minimum Gasteiger partial charge on any atom is -0.478 e. The van der Waals surface area contributed by atoms with Crippen molar-refractivity contribution in [3.63, 3.8) is 0 Å². The van der Waals surface area contributed by atoms with E-state index in [9.17, 15) is 14.7 Å². The summed E-state index contributed by atoms with van der Waals surface area (Å²) in [6, 6.07) is 15.7. The monoisotopic (exact) mass is 393 g/mol.